The molecular formula is C21H36IN3O3. The molecule has 0 unspecified atom stereocenters. The van der Waals surface area contributed by atoms with Crippen LogP contribution in [0.2, 0.25) is 0 Å². The van der Waals surface area contributed by atoms with Crippen LogP contribution in [-0.4, -0.2) is 70.6 Å². The monoisotopic (exact) mass is 505 g/mol. The van der Waals surface area contributed by atoms with Crippen molar-refractivity contribution in [1.82, 2.24) is 10.2 Å². The summed E-state index contributed by atoms with van der Waals surface area (Å²) >= 11 is 0. The van der Waals surface area contributed by atoms with Gasteiger partial charge >= 0.3 is 0 Å². The number of halogens is 1. The lowest BCUT2D eigenvalue weighted by Crippen LogP contribution is -2.47. The van der Waals surface area contributed by atoms with Crippen molar-refractivity contribution in [2.24, 2.45) is 4.99 Å². The van der Waals surface area contributed by atoms with Crippen molar-refractivity contribution in [3.63, 3.8) is 0 Å². The maximum Gasteiger partial charge on any atom is 0.193 e. The summed E-state index contributed by atoms with van der Waals surface area (Å²) in [4.78, 5) is 6.74. The van der Waals surface area contributed by atoms with Crippen molar-refractivity contribution in [1.29, 1.82) is 0 Å². The Balaban J connectivity index is 0.00000392. The van der Waals surface area contributed by atoms with Gasteiger partial charge in [0.05, 0.1) is 12.7 Å². The largest absolute Gasteiger partial charge is 0.493 e. The number of piperidine rings is 1. The fourth-order valence-electron chi connectivity index (χ4n) is 3.19. The van der Waals surface area contributed by atoms with E-state index in [1.165, 1.54) is 5.56 Å². The quantitative estimate of drug-likeness (QED) is 0.229. The Kier molecular flexibility index (Phi) is 13.3. The molecule has 1 aliphatic heterocycles. The minimum Gasteiger partial charge on any atom is -0.493 e. The molecule has 0 atom stereocenters. The highest BCUT2D eigenvalue weighted by atomic mass is 127. The molecule has 28 heavy (non-hydrogen) atoms. The number of methoxy groups -OCH3 is 1. The number of hydrogen-bond acceptors (Lipinski definition) is 4. The summed E-state index contributed by atoms with van der Waals surface area (Å²) in [5.74, 6) is 1.94. The summed E-state index contributed by atoms with van der Waals surface area (Å²) in [7, 11) is 3.57. The molecule has 1 N–H and O–H groups in total. The molecule has 1 saturated heterocycles. The zero-order valence-corrected chi connectivity index (χ0v) is 19.8. The van der Waals surface area contributed by atoms with Crippen molar-refractivity contribution in [2.45, 2.75) is 38.7 Å². The number of hydrogen-bond donors (Lipinski definition) is 1. The van der Waals surface area contributed by atoms with Gasteiger partial charge in [-0.2, -0.15) is 0 Å². The van der Waals surface area contributed by atoms with Gasteiger partial charge in [0.1, 0.15) is 5.75 Å². The molecule has 1 aromatic carbocycles. The standard InChI is InChI=1S/C21H35N3O3.HI/c1-18-8-4-5-9-20(18)27-16-6-12-23-21(22-2)24-13-10-19(11-14-24)26-17-7-15-25-3;/h4-5,8-9,19H,6-7,10-17H2,1-3H3,(H,22,23);1H. The van der Waals surface area contributed by atoms with Crippen molar-refractivity contribution in [3.8, 4) is 5.75 Å². The van der Waals surface area contributed by atoms with Crippen LogP contribution >= 0.6 is 24.0 Å². The minimum absolute atomic E-state index is 0. The molecule has 7 heteroatoms. The Morgan fingerprint density at radius 3 is 2.57 bits per heavy atom. The lowest BCUT2D eigenvalue weighted by atomic mass is 10.1. The normalized spacial score (nSPS) is 15.2. The highest BCUT2D eigenvalue weighted by Gasteiger charge is 2.21. The number of nitrogens with one attached hydrogen (secondary N) is 1. The van der Waals surface area contributed by atoms with Crippen LogP contribution < -0.4 is 10.1 Å². The molecule has 0 saturated carbocycles. The summed E-state index contributed by atoms with van der Waals surface area (Å²) < 4.78 is 16.8. The predicted octanol–water partition coefficient (Wildman–Crippen LogP) is 3.47. The maximum atomic E-state index is 5.93. The van der Waals surface area contributed by atoms with Gasteiger partial charge in [0.2, 0.25) is 0 Å². The van der Waals surface area contributed by atoms with Gasteiger partial charge < -0.3 is 24.4 Å². The molecule has 6 nitrogen and oxygen atoms in total. The van der Waals surface area contributed by atoms with Crippen LogP contribution in [0, 0.1) is 6.92 Å². The second-order valence-corrected chi connectivity index (χ2v) is 6.85. The molecule has 1 aliphatic rings. The van der Waals surface area contributed by atoms with Crippen LogP contribution in [0.5, 0.6) is 5.75 Å². The van der Waals surface area contributed by atoms with E-state index in [-0.39, 0.29) is 24.0 Å². The number of likely N-dealkylation sites (tertiary alicyclic amines) is 1. The minimum atomic E-state index is 0. The molecule has 0 spiro atoms. The van der Waals surface area contributed by atoms with E-state index in [0.717, 1.165) is 70.2 Å². The zero-order valence-electron chi connectivity index (χ0n) is 17.5. The van der Waals surface area contributed by atoms with Crippen molar-refractivity contribution < 1.29 is 14.2 Å². The number of para-hydroxylation sites is 1. The van der Waals surface area contributed by atoms with Crippen LogP contribution in [-0.2, 0) is 9.47 Å². The molecule has 0 amide bonds. The number of nitrogens with zero attached hydrogens (tertiary/aromatic N) is 2. The van der Waals surface area contributed by atoms with Gasteiger partial charge in [-0.05, 0) is 44.2 Å². The summed E-state index contributed by atoms with van der Waals surface area (Å²) in [5, 5.41) is 3.45. The Morgan fingerprint density at radius 1 is 1.14 bits per heavy atom. The van der Waals surface area contributed by atoms with Gasteiger partial charge in [-0.1, -0.05) is 18.2 Å². The highest BCUT2D eigenvalue weighted by Crippen LogP contribution is 2.16. The molecule has 160 valence electrons. The maximum absolute atomic E-state index is 5.93. The van der Waals surface area contributed by atoms with E-state index in [1.54, 1.807) is 7.11 Å². The molecule has 1 aromatic rings. The van der Waals surface area contributed by atoms with Crippen molar-refractivity contribution in [2.75, 3.05) is 53.6 Å². The SMILES string of the molecule is CN=C(NCCCOc1ccccc1C)N1CCC(OCCCOC)CC1.I. The molecule has 0 aliphatic carbocycles. The van der Waals surface area contributed by atoms with E-state index in [4.69, 9.17) is 14.2 Å². The lowest BCUT2D eigenvalue weighted by molar-refractivity contribution is 0.00991. The van der Waals surface area contributed by atoms with Gasteiger partial charge in [0, 0.05) is 47.0 Å². The summed E-state index contributed by atoms with van der Waals surface area (Å²) in [6.07, 6.45) is 4.35. The number of aliphatic imine (C=N–C) groups is 1. The van der Waals surface area contributed by atoms with Gasteiger partial charge in [0.25, 0.3) is 0 Å². The first kappa shape index (κ1) is 25.0. The molecule has 0 bridgehead atoms. The average molecular weight is 505 g/mol. The second-order valence-electron chi connectivity index (χ2n) is 6.85. The number of ether oxygens (including phenoxy) is 3. The lowest BCUT2D eigenvalue weighted by Gasteiger charge is -2.34. The average Bonchev–Trinajstić information content (AvgIpc) is 2.70. The summed E-state index contributed by atoms with van der Waals surface area (Å²) in [6, 6.07) is 8.12. The van der Waals surface area contributed by atoms with Crippen LogP contribution in [0.15, 0.2) is 29.3 Å². The van der Waals surface area contributed by atoms with Gasteiger partial charge in [-0.3, -0.25) is 4.99 Å². The van der Waals surface area contributed by atoms with Crippen LogP contribution in [0.3, 0.4) is 0 Å². The predicted molar refractivity (Wildman–Crippen MR) is 125 cm³/mol. The van der Waals surface area contributed by atoms with Gasteiger partial charge in [-0.15, -0.1) is 24.0 Å². The topological polar surface area (TPSA) is 55.3 Å². The van der Waals surface area contributed by atoms with Crippen LogP contribution in [0.1, 0.15) is 31.2 Å². The fraction of sp³-hybridized carbons (Fsp3) is 0.667. The first-order chi connectivity index (χ1) is 13.2. The van der Waals surface area contributed by atoms with E-state index in [2.05, 4.69) is 28.2 Å². The number of benzene rings is 1. The van der Waals surface area contributed by atoms with Gasteiger partial charge in [0.15, 0.2) is 5.96 Å². The first-order valence-corrected chi connectivity index (χ1v) is 9.99. The Labute approximate surface area is 187 Å². The smallest absolute Gasteiger partial charge is 0.193 e. The highest BCUT2D eigenvalue weighted by molar-refractivity contribution is 14.0. The summed E-state index contributed by atoms with van der Waals surface area (Å²) in [6.45, 7) is 7.14. The van der Waals surface area contributed by atoms with Crippen molar-refractivity contribution in [3.05, 3.63) is 29.8 Å². The van der Waals surface area contributed by atoms with E-state index >= 15 is 0 Å². The van der Waals surface area contributed by atoms with Crippen molar-refractivity contribution >= 4 is 29.9 Å². The van der Waals surface area contributed by atoms with Crippen LogP contribution in [0.4, 0.5) is 0 Å². The molecule has 1 fully saturated rings. The van der Waals surface area contributed by atoms with E-state index in [1.807, 2.05) is 25.2 Å². The summed E-state index contributed by atoms with van der Waals surface area (Å²) in [5.41, 5.74) is 1.17. The number of rotatable bonds is 10. The molecule has 2 rings (SSSR count). The molecular weight excluding hydrogens is 469 g/mol. The third kappa shape index (κ3) is 8.96. The second kappa shape index (κ2) is 14.9. The Hall–Kier alpha value is -1.06. The Bertz CT molecular complexity index is 564. The third-order valence-electron chi connectivity index (χ3n) is 4.76. The molecule has 1 heterocycles. The van der Waals surface area contributed by atoms with Crippen LogP contribution in [0.25, 0.3) is 0 Å². The third-order valence-corrected chi connectivity index (χ3v) is 4.76. The molecule has 0 aromatic heterocycles. The van der Waals surface area contributed by atoms with Gasteiger partial charge in [-0.25, -0.2) is 0 Å². The number of aryl methyl sites for hydroxylation is 1. The van der Waals surface area contributed by atoms with E-state index in [9.17, 15) is 0 Å². The van der Waals surface area contributed by atoms with E-state index < -0.39 is 0 Å². The first-order valence-electron chi connectivity index (χ1n) is 9.99. The fourth-order valence-corrected chi connectivity index (χ4v) is 3.19. The van der Waals surface area contributed by atoms with E-state index in [0.29, 0.717) is 12.7 Å². The number of guanidine groups is 1. The Morgan fingerprint density at radius 2 is 1.89 bits per heavy atom. The zero-order chi connectivity index (χ0) is 19.3. The molecule has 0 radical (unpaired) electrons.